The Balaban J connectivity index is 2.22. The maximum Gasteiger partial charge on any atom is 0.339 e. The molecule has 3 N–H and O–H groups in total. The number of carboxylic acid groups (broad SMARTS) is 1. The van der Waals surface area contributed by atoms with E-state index >= 15 is 0 Å². The monoisotopic (exact) mass is 277 g/mol. The number of carbonyl (C=O) groups excluding carboxylic acids is 1. The number of anilines is 1. The van der Waals surface area contributed by atoms with E-state index in [1.54, 1.807) is 6.07 Å². The van der Waals surface area contributed by atoms with Gasteiger partial charge in [-0.05, 0) is 37.3 Å². The van der Waals surface area contributed by atoms with Crippen molar-refractivity contribution in [3.05, 3.63) is 45.6 Å². The molecule has 1 heterocycles. The van der Waals surface area contributed by atoms with Crippen LogP contribution in [0.4, 0.5) is 5.69 Å². The topological polar surface area (TPSA) is 86.6 Å². The summed E-state index contributed by atoms with van der Waals surface area (Å²) in [5, 5.41) is 20.8. The first-order valence-corrected chi connectivity index (χ1v) is 6.23. The molecule has 0 bridgehead atoms. The van der Waals surface area contributed by atoms with Crippen molar-refractivity contribution >= 4 is 28.9 Å². The lowest BCUT2D eigenvalue weighted by atomic mass is 10.2. The van der Waals surface area contributed by atoms with E-state index in [0.717, 1.165) is 4.88 Å². The van der Waals surface area contributed by atoms with E-state index in [4.69, 9.17) is 5.11 Å². The van der Waals surface area contributed by atoms with Crippen LogP contribution in [0.1, 0.15) is 24.9 Å². The fraction of sp³-hybridized carbons (Fsp3) is 0.0769. The first kappa shape index (κ1) is 13.1. The van der Waals surface area contributed by atoms with Crippen LogP contribution < -0.4 is 5.32 Å². The molecule has 0 spiro atoms. The fourth-order valence-electron chi connectivity index (χ4n) is 1.53. The zero-order valence-corrected chi connectivity index (χ0v) is 10.8. The fourth-order valence-corrected chi connectivity index (χ4v) is 2.30. The van der Waals surface area contributed by atoms with Crippen molar-refractivity contribution in [1.29, 1.82) is 0 Å². The minimum absolute atomic E-state index is 0.250. The molecule has 0 aliphatic rings. The van der Waals surface area contributed by atoms with Gasteiger partial charge in [0.05, 0.1) is 4.88 Å². The van der Waals surface area contributed by atoms with E-state index in [-0.39, 0.29) is 17.2 Å². The van der Waals surface area contributed by atoms with Crippen molar-refractivity contribution < 1.29 is 19.8 Å². The van der Waals surface area contributed by atoms with E-state index < -0.39 is 5.97 Å². The highest BCUT2D eigenvalue weighted by Gasteiger charge is 2.13. The number of benzene rings is 1. The van der Waals surface area contributed by atoms with E-state index in [1.165, 1.54) is 29.5 Å². The molecule has 1 aromatic carbocycles. The number of carbonyl (C=O) groups is 2. The average molecular weight is 277 g/mol. The third-order valence-corrected chi connectivity index (χ3v) is 3.45. The second-order valence-electron chi connectivity index (χ2n) is 3.90. The van der Waals surface area contributed by atoms with Gasteiger partial charge in [0, 0.05) is 10.6 Å². The second-order valence-corrected chi connectivity index (χ2v) is 5.19. The largest absolute Gasteiger partial charge is 0.507 e. The molecule has 0 aliphatic carbocycles. The highest BCUT2D eigenvalue weighted by molar-refractivity contribution is 7.14. The number of rotatable bonds is 3. The average Bonchev–Trinajstić information content (AvgIpc) is 2.78. The zero-order valence-electron chi connectivity index (χ0n) is 10.0. The van der Waals surface area contributed by atoms with Gasteiger partial charge in [-0.2, -0.15) is 0 Å². The van der Waals surface area contributed by atoms with Crippen molar-refractivity contribution in [2.24, 2.45) is 0 Å². The molecule has 0 radical (unpaired) electrons. The Morgan fingerprint density at radius 3 is 2.53 bits per heavy atom. The molecule has 6 heteroatoms. The van der Waals surface area contributed by atoms with Gasteiger partial charge in [-0.25, -0.2) is 4.79 Å². The number of phenols is 1. The number of hydrogen-bond donors (Lipinski definition) is 3. The van der Waals surface area contributed by atoms with Crippen molar-refractivity contribution in [1.82, 2.24) is 0 Å². The molecule has 0 saturated carbocycles. The molecule has 0 aliphatic heterocycles. The second kappa shape index (κ2) is 5.11. The lowest BCUT2D eigenvalue weighted by molar-refractivity contribution is 0.0693. The molecule has 1 amide bonds. The van der Waals surface area contributed by atoms with E-state index in [0.29, 0.717) is 10.6 Å². The molecule has 2 aromatic rings. The van der Waals surface area contributed by atoms with Crippen molar-refractivity contribution in [3.63, 3.8) is 0 Å². The van der Waals surface area contributed by atoms with Gasteiger partial charge in [0.15, 0.2) is 0 Å². The van der Waals surface area contributed by atoms with E-state index in [2.05, 4.69) is 5.32 Å². The minimum atomic E-state index is -1.25. The van der Waals surface area contributed by atoms with Crippen LogP contribution in [0.5, 0.6) is 5.75 Å². The van der Waals surface area contributed by atoms with Gasteiger partial charge in [-0.3, -0.25) is 4.79 Å². The van der Waals surface area contributed by atoms with Crippen molar-refractivity contribution in [3.8, 4) is 5.75 Å². The Bertz CT molecular complexity index is 648. The summed E-state index contributed by atoms with van der Waals surface area (Å²) >= 11 is 1.35. The lowest BCUT2D eigenvalue weighted by Crippen LogP contribution is -2.10. The number of aryl methyl sites for hydroxylation is 1. The smallest absolute Gasteiger partial charge is 0.339 e. The van der Waals surface area contributed by atoms with Gasteiger partial charge in [0.1, 0.15) is 11.3 Å². The Morgan fingerprint density at radius 2 is 1.95 bits per heavy atom. The van der Waals surface area contributed by atoms with Crippen LogP contribution in [0.2, 0.25) is 0 Å². The Morgan fingerprint density at radius 1 is 1.21 bits per heavy atom. The number of thiophene rings is 1. The number of carboxylic acids is 1. The molecule has 0 unspecified atom stereocenters. The third kappa shape index (κ3) is 2.92. The summed E-state index contributed by atoms with van der Waals surface area (Å²) in [5.41, 5.74) is 0.0754. The highest BCUT2D eigenvalue weighted by atomic mass is 32.1. The number of aromatic hydroxyl groups is 1. The molecule has 0 saturated heterocycles. The summed E-state index contributed by atoms with van der Waals surface area (Å²) in [7, 11) is 0. The quantitative estimate of drug-likeness (QED) is 0.753. The number of nitrogens with one attached hydrogen (secondary N) is 1. The first-order chi connectivity index (χ1) is 8.97. The van der Waals surface area contributed by atoms with Gasteiger partial charge < -0.3 is 15.5 Å². The first-order valence-electron chi connectivity index (χ1n) is 5.41. The Labute approximate surface area is 113 Å². The van der Waals surface area contributed by atoms with E-state index in [9.17, 15) is 14.7 Å². The molecule has 19 heavy (non-hydrogen) atoms. The Hall–Kier alpha value is -2.34. The summed E-state index contributed by atoms with van der Waals surface area (Å²) in [6.07, 6.45) is 0. The molecular weight excluding hydrogens is 266 g/mol. The normalized spacial score (nSPS) is 10.2. The maximum atomic E-state index is 11.9. The molecule has 0 fully saturated rings. The maximum absolute atomic E-state index is 11.9. The van der Waals surface area contributed by atoms with Gasteiger partial charge in [-0.15, -0.1) is 11.3 Å². The predicted octanol–water partition coefficient (Wildman–Crippen LogP) is 2.71. The van der Waals surface area contributed by atoms with Gasteiger partial charge in [0.2, 0.25) is 0 Å². The summed E-state index contributed by atoms with van der Waals surface area (Å²) in [5.74, 6) is -1.89. The Kier molecular flexibility index (Phi) is 3.52. The van der Waals surface area contributed by atoms with Crippen LogP contribution >= 0.6 is 11.3 Å². The summed E-state index contributed by atoms with van der Waals surface area (Å²) in [4.78, 5) is 24.3. The molecular formula is C13H11NO4S. The van der Waals surface area contributed by atoms with Crippen LogP contribution in [0.3, 0.4) is 0 Å². The van der Waals surface area contributed by atoms with Crippen molar-refractivity contribution in [2.45, 2.75) is 6.92 Å². The lowest BCUT2D eigenvalue weighted by Gasteiger charge is -2.06. The molecule has 2 rings (SSSR count). The van der Waals surface area contributed by atoms with Crippen LogP contribution in [-0.4, -0.2) is 22.1 Å². The number of amides is 1. The van der Waals surface area contributed by atoms with Gasteiger partial charge in [-0.1, -0.05) is 0 Å². The standard InChI is InChI=1S/C13H11NO4S/c1-7-2-5-11(19-7)12(16)14-8-3-4-10(15)9(6-8)13(17)18/h2-6,15H,1H3,(H,14,16)(H,17,18). The summed E-state index contributed by atoms with van der Waals surface area (Å²) < 4.78 is 0. The van der Waals surface area contributed by atoms with Crippen LogP contribution in [-0.2, 0) is 0 Å². The van der Waals surface area contributed by atoms with Gasteiger partial charge in [0.25, 0.3) is 5.91 Å². The molecule has 5 nitrogen and oxygen atoms in total. The molecule has 98 valence electrons. The highest BCUT2D eigenvalue weighted by Crippen LogP contribution is 2.23. The zero-order chi connectivity index (χ0) is 14.0. The number of aromatic carboxylic acids is 1. The van der Waals surface area contributed by atoms with Crippen LogP contribution in [0.25, 0.3) is 0 Å². The number of hydrogen-bond acceptors (Lipinski definition) is 4. The van der Waals surface area contributed by atoms with Crippen LogP contribution in [0.15, 0.2) is 30.3 Å². The SMILES string of the molecule is Cc1ccc(C(=O)Nc2ccc(O)c(C(=O)O)c2)s1. The van der Waals surface area contributed by atoms with E-state index in [1.807, 2.05) is 13.0 Å². The molecule has 0 atom stereocenters. The van der Waals surface area contributed by atoms with Gasteiger partial charge >= 0.3 is 5.97 Å². The summed E-state index contributed by atoms with van der Waals surface area (Å²) in [6, 6.07) is 7.43. The third-order valence-electron chi connectivity index (χ3n) is 2.45. The van der Waals surface area contributed by atoms with Crippen LogP contribution in [0, 0.1) is 6.92 Å². The minimum Gasteiger partial charge on any atom is -0.507 e. The molecule has 1 aromatic heterocycles. The summed E-state index contributed by atoms with van der Waals surface area (Å²) in [6.45, 7) is 1.89. The predicted molar refractivity (Wildman–Crippen MR) is 72.1 cm³/mol. The van der Waals surface area contributed by atoms with Crippen molar-refractivity contribution in [2.75, 3.05) is 5.32 Å².